The second-order valence-corrected chi connectivity index (χ2v) is 4.47. The first-order chi connectivity index (χ1) is 10.0. The van der Waals surface area contributed by atoms with E-state index in [0.717, 1.165) is 0 Å². The Morgan fingerprint density at radius 1 is 1.38 bits per heavy atom. The number of carbonyl (C=O) groups excluding carboxylic acids is 2. The van der Waals surface area contributed by atoms with Gasteiger partial charge in [-0.3, -0.25) is 9.59 Å². The van der Waals surface area contributed by atoms with Gasteiger partial charge in [0.1, 0.15) is 6.04 Å². The van der Waals surface area contributed by atoms with Crippen LogP contribution in [-0.4, -0.2) is 34.6 Å². The summed E-state index contributed by atoms with van der Waals surface area (Å²) in [5.41, 5.74) is 0.862. The predicted molar refractivity (Wildman–Crippen MR) is 75.6 cm³/mol. The van der Waals surface area contributed by atoms with Gasteiger partial charge in [0.2, 0.25) is 5.91 Å². The fraction of sp³-hybridized carbons (Fsp3) is 0.286. The number of fused-ring (bicyclic) bond motifs is 1. The van der Waals surface area contributed by atoms with Crippen LogP contribution in [0.15, 0.2) is 35.3 Å². The van der Waals surface area contributed by atoms with Gasteiger partial charge in [-0.1, -0.05) is 12.1 Å². The van der Waals surface area contributed by atoms with Crippen molar-refractivity contribution < 1.29 is 14.3 Å². The molecule has 2 rings (SSSR count). The number of rotatable bonds is 4. The molecule has 0 spiro atoms. The van der Waals surface area contributed by atoms with Gasteiger partial charge < -0.3 is 14.6 Å². The van der Waals surface area contributed by atoms with Crippen LogP contribution in [0.2, 0.25) is 0 Å². The first kappa shape index (κ1) is 14.7. The highest BCUT2D eigenvalue weighted by Gasteiger charge is 2.22. The van der Waals surface area contributed by atoms with Crippen molar-refractivity contribution in [3.05, 3.63) is 40.8 Å². The first-order valence-electron chi connectivity index (χ1n) is 6.32. The lowest BCUT2D eigenvalue weighted by molar-refractivity contribution is -0.145. The summed E-state index contributed by atoms with van der Waals surface area (Å²) in [4.78, 5) is 39.0. The number of hydrogen-bond donors (Lipinski definition) is 1. The van der Waals surface area contributed by atoms with Gasteiger partial charge in [0.05, 0.1) is 30.9 Å². The van der Waals surface area contributed by atoms with Gasteiger partial charge in [0, 0.05) is 6.92 Å². The van der Waals surface area contributed by atoms with Crippen LogP contribution >= 0.6 is 0 Å². The second-order valence-electron chi connectivity index (χ2n) is 4.47. The van der Waals surface area contributed by atoms with Gasteiger partial charge in [-0.15, -0.1) is 0 Å². The van der Waals surface area contributed by atoms with Crippen molar-refractivity contribution in [3.8, 4) is 0 Å². The molecular formula is C14H15N3O4. The van der Waals surface area contributed by atoms with E-state index in [1.54, 1.807) is 24.3 Å². The van der Waals surface area contributed by atoms with Gasteiger partial charge in [-0.25, -0.2) is 9.78 Å². The second kappa shape index (κ2) is 6.17. The van der Waals surface area contributed by atoms with E-state index in [2.05, 4.69) is 15.0 Å². The van der Waals surface area contributed by atoms with Gasteiger partial charge >= 0.3 is 5.97 Å². The number of hydrogen-bond acceptors (Lipinski definition) is 5. The molecule has 7 heteroatoms. The van der Waals surface area contributed by atoms with Crippen LogP contribution in [0.5, 0.6) is 0 Å². The minimum Gasteiger partial charge on any atom is -0.467 e. The van der Waals surface area contributed by atoms with Crippen LogP contribution in [-0.2, 0) is 20.9 Å². The quantitative estimate of drug-likeness (QED) is 0.805. The Balaban J connectivity index is 2.45. The zero-order valence-electron chi connectivity index (χ0n) is 11.7. The zero-order chi connectivity index (χ0) is 15.4. The average molecular weight is 289 g/mol. The molecule has 21 heavy (non-hydrogen) atoms. The highest BCUT2D eigenvalue weighted by Crippen LogP contribution is 2.09. The SMILES string of the molecule is COC(=O)C(Cn1c(=O)cnc2ccccc21)NC(C)=O. The van der Waals surface area contributed by atoms with E-state index in [9.17, 15) is 14.4 Å². The lowest BCUT2D eigenvalue weighted by Gasteiger charge is -2.17. The molecule has 0 fully saturated rings. The van der Waals surface area contributed by atoms with Crippen molar-refractivity contribution in [2.24, 2.45) is 0 Å². The van der Waals surface area contributed by atoms with Crippen LogP contribution in [0, 0.1) is 0 Å². The zero-order valence-corrected chi connectivity index (χ0v) is 11.7. The standard InChI is InChI=1S/C14H15N3O4/c1-9(18)16-11(14(20)21-2)8-17-12-6-4-3-5-10(12)15-7-13(17)19/h3-7,11H,8H2,1-2H3,(H,16,18). The molecule has 110 valence electrons. The van der Waals surface area contributed by atoms with E-state index in [1.165, 1.54) is 24.8 Å². The predicted octanol–water partition coefficient (Wildman–Crippen LogP) is 0.0742. The third-order valence-corrected chi connectivity index (χ3v) is 2.98. The third-order valence-electron chi connectivity index (χ3n) is 2.98. The maximum absolute atomic E-state index is 12.0. The molecule has 0 radical (unpaired) electrons. The first-order valence-corrected chi connectivity index (χ1v) is 6.32. The minimum atomic E-state index is -0.934. The largest absolute Gasteiger partial charge is 0.467 e. The van der Waals surface area contributed by atoms with E-state index in [1.807, 2.05) is 0 Å². The molecule has 1 atom stereocenters. The van der Waals surface area contributed by atoms with Crippen molar-refractivity contribution in [3.63, 3.8) is 0 Å². The van der Waals surface area contributed by atoms with Gasteiger partial charge in [-0.2, -0.15) is 0 Å². The van der Waals surface area contributed by atoms with Crippen molar-refractivity contribution in [1.29, 1.82) is 0 Å². The number of aromatic nitrogens is 2. The van der Waals surface area contributed by atoms with Crippen molar-refractivity contribution >= 4 is 22.9 Å². The molecular weight excluding hydrogens is 274 g/mol. The summed E-state index contributed by atoms with van der Waals surface area (Å²) >= 11 is 0. The fourth-order valence-corrected chi connectivity index (χ4v) is 2.05. The molecule has 0 saturated carbocycles. The molecule has 1 amide bonds. The Kier molecular flexibility index (Phi) is 4.32. The van der Waals surface area contributed by atoms with E-state index in [4.69, 9.17) is 0 Å². The molecule has 0 bridgehead atoms. The van der Waals surface area contributed by atoms with Gasteiger partial charge in [0.25, 0.3) is 5.56 Å². The summed E-state index contributed by atoms with van der Waals surface area (Å²) in [6.45, 7) is 1.28. The summed E-state index contributed by atoms with van der Waals surface area (Å²) in [7, 11) is 1.23. The Morgan fingerprint density at radius 2 is 2.10 bits per heavy atom. The van der Waals surface area contributed by atoms with E-state index < -0.39 is 12.0 Å². The van der Waals surface area contributed by atoms with Crippen molar-refractivity contribution in [2.75, 3.05) is 7.11 Å². The molecule has 0 aliphatic heterocycles. The van der Waals surface area contributed by atoms with Crippen LogP contribution < -0.4 is 10.9 Å². The molecule has 0 saturated heterocycles. The fourth-order valence-electron chi connectivity index (χ4n) is 2.05. The molecule has 7 nitrogen and oxygen atoms in total. The van der Waals surface area contributed by atoms with E-state index >= 15 is 0 Å². The Bertz CT molecular complexity index is 738. The number of nitrogens with one attached hydrogen (secondary N) is 1. The van der Waals surface area contributed by atoms with Gasteiger partial charge in [0.15, 0.2) is 0 Å². The number of amides is 1. The normalized spacial score (nSPS) is 11.9. The Labute approximate surface area is 120 Å². The molecule has 0 aliphatic rings. The number of methoxy groups -OCH3 is 1. The number of ether oxygens (including phenoxy) is 1. The number of carbonyl (C=O) groups is 2. The average Bonchev–Trinajstić information content (AvgIpc) is 2.48. The summed E-state index contributed by atoms with van der Waals surface area (Å²) < 4.78 is 6.04. The number of benzene rings is 1. The van der Waals surface area contributed by atoms with Crippen molar-refractivity contribution in [2.45, 2.75) is 19.5 Å². The number of para-hydroxylation sites is 2. The molecule has 1 aromatic heterocycles. The molecule has 2 aromatic rings. The van der Waals surface area contributed by atoms with E-state index in [0.29, 0.717) is 11.0 Å². The van der Waals surface area contributed by atoms with Gasteiger partial charge in [-0.05, 0) is 12.1 Å². The van der Waals surface area contributed by atoms with Crippen molar-refractivity contribution in [1.82, 2.24) is 14.9 Å². The highest BCUT2D eigenvalue weighted by molar-refractivity contribution is 5.83. The maximum Gasteiger partial charge on any atom is 0.330 e. The van der Waals surface area contributed by atoms with Crippen LogP contribution in [0.25, 0.3) is 11.0 Å². The maximum atomic E-state index is 12.0. The molecule has 1 aromatic carbocycles. The van der Waals surface area contributed by atoms with E-state index in [-0.39, 0.29) is 18.0 Å². The summed E-state index contributed by atoms with van der Waals surface area (Å²) in [6.07, 6.45) is 1.18. The smallest absolute Gasteiger partial charge is 0.330 e. The minimum absolute atomic E-state index is 0.0197. The molecule has 1 heterocycles. The highest BCUT2D eigenvalue weighted by atomic mass is 16.5. The van der Waals surface area contributed by atoms with Crippen LogP contribution in [0.1, 0.15) is 6.92 Å². The lowest BCUT2D eigenvalue weighted by atomic mass is 10.2. The molecule has 0 aliphatic carbocycles. The number of nitrogens with zero attached hydrogens (tertiary/aromatic N) is 2. The summed E-state index contributed by atoms with van der Waals surface area (Å²) in [6, 6.07) is 6.13. The van der Waals surface area contributed by atoms with Crippen LogP contribution in [0.4, 0.5) is 0 Å². The molecule has 1 N–H and O–H groups in total. The third kappa shape index (κ3) is 3.25. The Morgan fingerprint density at radius 3 is 2.76 bits per heavy atom. The topological polar surface area (TPSA) is 90.3 Å². The monoisotopic (exact) mass is 289 g/mol. The van der Waals surface area contributed by atoms with Crippen LogP contribution in [0.3, 0.4) is 0 Å². The number of esters is 1. The molecule has 1 unspecified atom stereocenters. The lowest BCUT2D eigenvalue weighted by Crippen LogP contribution is -2.45. The summed E-state index contributed by atoms with van der Waals surface area (Å²) in [5, 5.41) is 2.48. The summed E-state index contributed by atoms with van der Waals surface area (Å²) in [5.74, 6) is -0.991. The Hall–Kier alpha value is -2.70.